The van der Waals surface area contributed by atoms with Crippen molar-refractivity contribution in [2.24, 2.45) is 5.73 Å². The third kappa shape index (κ3) is 4.56. The number of nitrogens with one attached hydrogen (secondary N) is 1. The van der Waals surface area contributed by atoms with E-state index in [1.807, 2.05) is 39.8 Å². The Morgan fingerprint density at radius 2 is 1.95 bits per heavy atom. The van der Waals surface area contributed by atoms with Crippen LogP contribution in [0.1, 0.15) is 37.0 Å². The maximum absolute atomic E-state index is 11.7. The molecule has 19 heavy (non-hydrogen) atoms. The quantitative estimate of drug-likeness (QED) is 0.855. The van der Waals surface area contributed by atoms with Gasteiger partial charge < -0.3 is 15.8 Å². The van der Waals surface area contributed by atoms with Crippen molar-refractivity contribution < 1.29 is 9.53 Å². The molecule has 1 rings (SSSR count). The van der Waals surface area contributed by atoms with Crippen LogP contribution in [0.4, 0.5) is 0 Å². The van der Waals surface area contributed by atoms with Gasteiger partial charge in [-0.3, -0.25) is 4.79 Å². The molecular formula is C15H24N2O2. The van der Waals surface area contributed by atoms with Crippen molar-refractivity contribution in [2.75, 3.05) is 7.11 Å². The predicted molar refractivity (Wildman–Crippen MR) is 77.2 cm³/mol. The molecule has 4 nitrogen and oxygen atoms in total. The van der Waals surface area contributed by atoms with Crippen LogP contribution in [0, 0.1) is 13.8 Å². The molecule has 1 aromatic rings. The summed E-state index contributed by atoms with van der Waals surface area (Å²) in [4.78, 5) is 11.7. The summed E-state index contributed by atoms with van der Waals surface area (Å²) in [5.74, 6) is 0.844. The molecule has 106 valence electrons. The summed E-state index contributed by atoms with van der Waals surface area (Å²) in [5.41, 5.74) is 8.69. The Labute approximate surface area is 115 Å². The summed E-state index contributed by atoms with van der Waals surface area (Å²) in [6.45, 7) is 8.25. The van der Waals surface area contributed by atoms with E-state index >= 15 is 0 Å². The van der Waals surface area contributed by atoms with Crippen LogP contribution in [0.2, 0.25) is 0 Å². The van der Waals surface area contributed by atoms with Crippen molar-refractivity contribution >= 4 is 5.91 Å². The summed E-state index contributed by atoms with van der Waals surface area (Å²) in [7, 11) is 1.66. The number of amides is 1. The number of carbonyl (C=O) groups excluding carboxylic acids is 1. The second-order valence-corrected chi connectivity index (χ2v) is 5.62. The molecule has 1 amide bonds. The molecule has 0 aliphatic carbocycles. The highest BCUT2D eigenvalue weighted by atomic mass is 16.5. The van der Waals surface area contributed by atoms with Gasteiger partial charge in [0.2, 0.25) is 5.91 Å². The number of ether oxygens (including phenoxy) is 1. The van der Waals surface area contributed by atoms with E-state index in [1.165, 1.54) is 0 Å². The molecule has 0 fully saturated rings. The van der Waals surface area contributed by atoms with Crippen molar-refractivity contribution in [3.05, 3.63) is 28.8 Å². The van der Waals surface area contributed by atoms with Gasteiger partial charge in [0.15, 0.2) is 0 Å². The first-order chi connectivity index (χ1) is 8.74. The number of benzene rings is 1. The van der Waals surface area contributed by atoms with Crippen molar-refractivity contribution in [1.29, 1.82) is 0 Å². The largest absolute Gasteiger partial charge is 0.496 e. The standard InChI is InChI=1S/C15H24N2O2/c1-10-11(2)13(19-5)7-6-12(10)9-17-14(18)8-15(3,4)16/h6-7H,8-9,16H2,1-5H3,(H,17,18). The van der Waals surface area contributed by atoms with E-state index in [0.717, 1.165) is 22.4 Å². The molecule has 0 heterocycles. The summed E-state index contributed by atoms with van der Waals surface area (Å²) in [6, 6.07) is 3.91. The third-order valence-electron chi connectivity index (χ3n) is 3.16. The Bertz CT molecular complexity index is 462. The molecule has 0 radical (unpaired) electrons. The zero-order valence-corrected chi connectivity index (χ0v) is 12.5. The smallest absolute Gasteiger partial charge is 0.222 e. The zero-order chi connectivity index (χ0) is 14.6. The van der Waals surface area contributed by atoms with Gasteiger partial charge in [0.1, 0.15) is 5.75 Å². The van der Waals surface area contributed by atoms with Crippen LogP contribution in [0.15, 0.2) is 12.1 Å². The van der Waals surface area contributed by atoms with Crippen molar-refractivity contribution in [1.82, 2.24) is 5.32 Å². The Hall–Kier alpha value is -1.55. The average molecular weight is 264 g/mol. The molecule has 0 bridgehead atoms. The van der Waals surface area contributed by atoms with Gasteiger partial charge in [-0.2, -0.15) is 0 Å². The monoisotopic (exact) mass is 264 g/mol. The predicted octanol–water partition coefficient (Wildman–Crippen LogP) is 2.06. The highest BCUT2D eigenvalue weighted by Gasteiger charge is 2.16. The van der Waals surface area contributed by atoms with Crippen LogP contribution >= 0.6 is 0 Å². The number of rotatable bonds is 5. The molecule has 1 aromatic carbocycles. The molecular weight excluding hydrogens is 240 g/mol. The van der Waals surface area contributed by atoms with Crippen molar-refractivity contribution in [3.63, 3.8) is 0 Å². The molecule has 3 N–H and O–H groups in total. The highest BCUT2D eigenvalue weighted by molar-refractivity contribution is 5.77. The summed E-state index contributed by atoms with van der Waals surface area (Å²) in [5, 5.41) is 2.90. The van der Waals surface area contributed by atoms with Gasteiger partial charge in [-0.1, -0.05) is 6.07 Å². The van der Waals surface area contributed by atoms with Crippen LogP contribution in [-0.2, 0) is 11.3 Å². The van der Waals surface area contributed by atoms with Gasteiger partial charge in [0, 0.05) is 18.5 Å². The number of hydrogen-bond acceptors (Lipinski definition) is 3. The lowest BCUT2D eigenvalue weighted by Crippen LogP contribution is -2.38. The number of nitrogens with two attached hydrogens (primary N) is 1. The Morgan fingerprint density at radius 1 is 1.32 bits per heavy atom. The molecule has 0 atom stereocenters. The Balaban J connectivity index is 2.69. The van der Waals surface area contributed by atoms with E-state index in [4.69, 9.17) is 10.5 Å². The van der Waals surface area contributed by atoms with Crippen molar-refractivity contribution in [3.8, 4) is 5.75 Å². The van der Waals surface area contributed by atoms with Crippen LogP contribution in [0.25, 0.3) is 0 Å². The minimum absolute atomic E-state index is 0.0274. The number of methoxy groups -OCH3 is 1. The fraction of sp³-hybridized carbons (Fsp3) is 0.533. The average Bonchev–Trinajstić information content (AvgIpc) is 2.29. The fourth-order valence-corrected chi connectivity index (χ4v) is 1.93. The van der Waals surface area contributed by atoms with Crippen molar-refractivity contribution in [2.45, 2.75) is 46.2 Å². The van der Waals surface area contributed by atoms with Gasteiger partial charge in [-0.15, -0.1) is 0 Å². The lowest BCUT2D eigenvalue weighted by atomic mass is 10.0. The number of carbonyl (C=O) groups is 1. The molecule has 0 aliphatic heterocycles. The number of hydrogen-bond donors (Lipinski definition) is 2. The topological polar surface area (TPSA) is 64.3 Å². The molecule has 0 saturated carbocycles. The minimum atomic E-state index is -0.477. The first-order valence-electron chi connectivity index (χ1n) is 6.43. The van der Waals surface area contributed by atoms with Gasteiger partial charge in [0.05, 0.1) is 7.11 Å². The van der Waals surface area contributed by atoms with E-state index in [1.54, 1.807) is 7.11 Å². The minimum Gasteiger partial charge on any atom is -0.496 e. The summed E-state index contributed by atoms with van der Waals surface area (Å²) in [6.07, 6.45) is 0.321. The molecule has 0 aromatic heterocycles. The molecule has 0 unspecified atom stereocenters. The van der Waals surface area contributed by atoms with Gasteiger partial charge in [0.25, 0.3) is 0 Å². The summed E-state index contributed by atoms with van der Waals surface area (Å²) >= 11 is 0. The van der Waals surface area contributed by atoms with Gasteiger partial charge in [-0.25, -0.2) is 0 Å². The van der Waals surface area contributed by atoms with Crippen LogP contribution in [-0.4, -0.2) is 18.6 Å². The van der Waals surface area contributed by atoms with Crippen LogP contribution < -0.4 is 15.8 Å². The van der Waals surface area contributed by atoms with Crippen LogP contribution in [0.3, 0.4) is 0 Å². The van der Waals surface area contributed by atoms with Gasteiger partial charge >= 0.3 is 0 Å². The maximum atomic E-state index is 11.7. The Kier molecular flexibility index (Phi) is 4.95. The normalized spacial score (nSPS) is 11.3. The van der Waals surface area contributed by atoms with E-state index in [0.29, 0.717) is 13.0 Å². The first-order valence-corrected chi connectivity index (χ1v) is 6.43. The summed E-state index contributed by atoms with van der Waals surface area (Å²) < 4.78 is 5.27. The van der Waals surface area contributed by atoms with E-state index in [9.17, 15) is 4.79 Å². The van der Waals surface area contributed by atoms with E-state index < -0.39 is 5.54 Å². The molecule has 0 aliphatic rings. The zero-order valence-electron chi connectivity index (χ0n) is 12.5. The second-order valence-electron chi connectivity index (χ2n) is 5.62. The SMILES string of the molecule is COc1ccc(CNC(=O)CC(C)(C)N)c(C)c1C. The first kappa shape index (κ1) is 15.5. The lowest BCUT2D eigenvalue weighted by Gasteiger charge is -2.18. The van der Waals surface area contributed by atoms with E-state index in [2.05, 4.69) is 5.32 Å². The molecule has 0 spiro atoms. The highest BCUT2D eigenvalue weighted by Crippen LogP contribution is 2.23. The van der Waals surface area contributed by atoms with Gasteiger partial charge in [-0.05, 0) is 50.5 Å². The van der Waals surface area contributed by atoms with Crippen LogP contribution in [0.5, 0.6) is 5.75 Å². The lowest BCUT2D eigenvalue weighted by molar-refractivity contribution is -0.122. The third-order valence-corrected chi connectivity index (χ3v) is 3.16. The fourth-order valence-electron chi connectivity index (χ4n) is 1.93. The second kappa shape index (κ2) is 6.06. The molecule has 4 heteroatoms. The maximum Gasteiger partial charge on any atom is 0.222 e. The Morgan fingerprint density at radius 3 is 2.47 bits per heavy atom. The molecule has 0 saturated heterocycles. The van der Waals surface area contributed by atoms with E-state index in [-0.39, 0.29) is 5.91 Å².